The van der Waals surface area contributed by atoms with E-state index in [4.69, 9.17) is 25.6 Å². The van der Waals surface area contributed by atoms with Gasteiger partial charge < -0.3 is 14.2 Å². The summed E-state index contributed by atoms with van der Waals surface area (Å²) in [5.74, 6) is 4.82. The first-order valence-corrected chi connectivity index (χ1v) is 14.3. The molecule has 0 radical (unpaired) electrons. The number of para-hydroxylation sites is 1. The summed E-state index contributed by atoms with van der Waals surface area (Å²) in [6.45, 7) is 8.79. The fraction of sp³-hybridized carbons (Fsp3) is 0.258. The minimum absolute atomic E-state index is 0.0795. The topological polar surface area (TPSA) is 74.9 Å². The molecule has 1 aromatic heterocycles. The second-order valence-corrected chi connectivity index (χ2v) is 10.8. The van der Waals surface area contributed by atoms with Crippen molar-refractivity contribution in [1.29, 1.82) is 0 Å². The van der Waals surface area contributed by atoms with E-state index in [0.29, 0.717) is 49.3 Å². The number of benzene rings is 3. The third-order valence-corrected chi connectivity index (χ3v) is 8.40. The van der Waals surface area contributed by atoms with E-state index in [1.165, 1.54) is 11.8 Å². The van der Waals surface area contributed by atoms with Crippen LogP contribution >= 0.6 is 31.9 Å². The van der Waals surface area contributed by atoms with E-state index in [0.717, 1.165) is 22.4 Å². The Balaban J connectivity index is 1.96. The summed E-state index contributed by atoms with van der Waals surface area (Å²) in [5, 5.41) is 5.12. The van der Waals surface area contributed by atoms with Gasteiger partial charge in [-0.2, -0.15) is 9.78 Å². The summed E-state index contributed by atoms with van der Waals surface area (Å²) >= 11 is 7.15. The lowest BCUT2D eigenvalue weighted by Gasteiger charge is -2.18. The zero-order chi connectivity index (χ0) is 29.0. The molecule has 3 aromatic carbocycles. The molecule has 4 aromatic rings. The Morgan fingerprint density at radius 3 is 2.55 bits per heavy atom. The number of nitrogens with zero attached hydrogens (tertiary/aromatic N) is 3. The lowest BCUT2D eigenvalue weighted by molar-refractivity contribution is 0.328. The van der Waals surface area contributed by atoms with Crippen molar-refractivity contribution in [2.45, 2.75) is 33.6 Å². The van der Waals surface area contributed by atoms with E-state index in [-0.39, 0.29) is 18.1 Å². The Labute approximate surface area is 250 Å². The van der Waals surface area contributed by atoms with Crippen molar-refractivity contribution >= 4 is 49.0 Å². The van der Waals surface area contributed by atoms with Crippen LogP contribution in [0.25, 0.3) is 22.3 Å². The van der Waals surface area contributed by atoms with Crippen LogP contribution in [0, 0.1) is 19.3 Å². The summed E-state index contributed by atoms with van der Waals surface area (Å²) in [6.07, 6.45) is 6.94. The highest BCUT2D eigenvalue weighted by Crippen LogP contribution is 2.42. The Kier molecular flexibility index (Phi) is 9.33. The molecule has 40 heavy (non-hydrogen) atoms. The van der Waals surface area contributed by atoms with Crippen LogP contribution in [-0.2, 0) is 0 Å². The lowest BCUT2D eigenvalue weighted by atomic mass is 9.96. The number of halogens is 2. The molecule has 0 aliphatic heterocycles. The highest BCUT2D eigenvalue weighted by Gasteiger charge is 2.20. The van der Waals surface area contributed by atoms with Crippen molar-refractivity contribution in [2.75, 3.05) is 20.3 Å². The Morgan fingerprint density at radius 1 is 1.12 bits per heavy atom. The van der Waals surface area contributed by atoms with Crippen LogP contribution in [0.1, 0.15) is 43.4 Å². The van der Waals surface area contributed by atoms with Gasteiger partial charge in [-0.15, -0.1) is 6.42 Å². The molecule has 0 unspecified atom stereocenters. The first kappa shape index (κ1) is 29.4. The Bertz CT molecular complexity index is 1700. The van der Waals surface area contributed by atoms with Gasteiger partial charge in [0.1, 0.15) is 12.4 Å². The third-order valence-electron chi connectivity index (χ3n) is 6.26. The van der Waals surface area contributed by atoms with Crippen molar-refractivity contribution in [3.8, 4) is 41.0 Å². The van der Waals surface area contributed by atoms with Crippen molar-refractivity contribution in [1.82, 2.24) is 9.66 Å². The number of fused-ring (bicyclic) bond motifs is 1. The number of ether oxygens (including phenoxy) is 3. The van der Waals surface area contributed by atoms with Crippen LogP contribution in [-0.4, -0.2) is 36.2 Å². The number of aromatic nitrogens is 2. The predicted molar refractivity (Wildman–Crippen MR) is 167 cm³/mol. The SMILES string of the molecule is C#CCOc1c(OC)cc(C=Nn2c(-c3cc(C(C)C)c(OCC)cc3C)nc3ccccc3c2=O)c(Br)c1Br. The molecule has 0 N–H and O–H groups in total. The fourth-order valence-electron chi connectivity index (χ4n) is 4.29. The molecule has 7 nitrogen and oxygen atoms in total. The number of hydrogen-bond donors (Lipinski definition) is 0. The monoisotopic (exact) mass is 665 g/mol. The predicted octanol–water partition coefficient (Wildman–Crippen LogP) is 7.32. The lowest BCUT2D eigenvalue weighted by Crippen LogP contribution is -2.21. The van der Waals surface area contributed by atoms with Gasteiger partial charge in [0, 0.05) is 15.6 Å². The summed E-state index contributed by atoms with van der Waals surface area (Å²) in [4.78, 5) is 18.7. The van der Waals surface area contributed by atoms with Gasteiger partial charge in [-0.1, -0.05) is 31.9 Å². The molecular weight excluding hydrogens is 638 g/mol. The smallest absolute Gasteiger partial charge is 0.282 e. The molecule has 9 heteroatoms. The normalized spacial score (nSPS) is 11.3. The zero-order valence-electron chi connectivity index (χ0n) is 22.9. The van der Waals surface area contributed by atoms with Gasteiger partial charge in [0.05, 0.1) is 35.3 Å². The number of rotatable bonds is 9. The van der Waals surface area contributed by atoms with Gasteiger partial charge in [-0.3, -0.25) is 4.79 Å². The summed E-state index contributed by atoms with van der Waals surface area (Å²) < 4.78 is 19.7. The zero-order valence-corrected chi connectivity index (χ0v) is 26.1. The summed E-state index contributed by atoms with van der Waals surface area (Å²) in [7, 11) is 1.54. The number of terminal acetylenes is 1. The van der Waals surface area contributed by atoms with Gasteiger partial charge in [-0.25, -0.2) is 4.98 Å². The maximum atomic E-state index is 13.8. The summed E-state index contributed by atoms with van der Waals surface area (Å²) in [6, 6.07) is 13.0. The molecule has 0 saturated carbocycles. The second-order valence-electron chi connectivity index (χ2n) is 9.22. The molecule has 1 heterocycles. The Hall–Kier alpha value is -3.61. The first-order chi connectivity index (χ1) is 19.2. The van der Waals surface area contributed by atoms with Crippen molar-refractivity contribution in [2.24, 2.45) is 5.10 Å². The fourth-order valence-corrected chi connectivity index (χ4v) is 5.23. The van der Waals surface area contributed by atoms with Crippen LogP contribution in [0.2, 0.25) is 0 Å². The van der Waals surface area contributed by atoms with Crippen LogP contribution in [0.5, 0.6) is 17.2 Å². The Morgan fingerprint density at radius 2 is 1.88 bits per heavy atom. The largest absolute Gasteiger partial charge is 0.494 e. The number of hydrogen-bond acceptors (Lipinski definition) is 6. The summed E-state index contributed by atoms with van der Waals surface area (Å²) in [5.41, 5.74) is 3.69. The van der Waals surface area contributed by atoms with Crippen molar-refractivity contribution in [3.05, 3.63) is 78.5 Å². The van der Waals surface area contributed by atoms with E-state index in [2.05, 4.69) is 56.7 Å². The van der Waals surface area contributed by atoms with E-state index in [1.54, 1.807) is 18.3 Å². The molecule has 0 atom stereocenters. The molecule has 0 aliphatic carbocycles. The minimum atomic E-state index is -0.285. The average Bonchev–Trinajstić information content (AvgIpc) is 2.94. The van der Waals surface area contributed by atoms with Crippen LogP contribution < -0.4 is 19.8 Å². The van der Waals surface area contributed by atoms with E-state index in [1.807, 2.05) is 44.2 Å². The number of aryl methyl sites for hydroxylation is 1. The van der Waals surface area contributed by atoms with E-state index < -0.39 is 0 Å². The minimum Gasteiger partial charge on any atom is -0.494 e. The molecule has 0 fully saturated rings. The van der Waals surface area contributed by atoms with Gasteiger partial charge in [0.25, 0.3) is 5.56 Å². The molecule has 206 valence electrons. The van der Waals surface area contributed by atoms with Crippen LogP contribution in [0.3, 0.4) is 0 Å². The maximum Gasteiger partial charge on any atom is 0.282 e. The van der Waals surface area contributed by atoms with Gasteiger partial charge in [0.2, 0.25) is 0 Å². The van der Waals surface area contributed by atoms with Gasteiger partial charge in [-0.05, 0) is 93.1 Å². The maximum absolute atomic E-state index is 13.8. The molecule has 0 amide bonds. The van der Waals surface area contributed by atoms with Crippen molar-refractivity contribution < 1.29 is 14.2 Å². The van der Waals surface area contributed by atoms with Crippen LogP contribution in [0.15, 0.2) is 61.3 Å². The molecule has 0 bridgehead atoms. The van der Waals surface area contributed by atoms with Crippen molar-refractivity contribution in [3.63, 3.8) is 0 Å². The quantitative estimate of drug-likeness (QED) is 0.138. The molecule has 0 aliphatic rings. The standard InChI is InChI=1S/C31H29Br2N3O4/c1-7-13-40-29-26(38-6)15-20(27(32)28(29)33)17-34-36-30(35-24-12-10-9-11-21(24)31(36)37)23-16-22(18(3)4)25(39-8-2)14-19(23)5/h1,9-12,14-18H,8,13H2,2-6H3. The van der Waals surface area contributed by atoms with E-state index in [9.17, 15) is 4.79 Å². The average molecular weight is 667 g/mol. The van der Waals surface area contributed by atoms with E-state index >= 15 is 0 Å². The molecule has 0 spiro atoms. The van der Waals surface area contributed by atoms with Crippen LogP contribution in [0.4, 0.5) is 0 Å². The first-order valence-electron chi connectivity index (χ1n) is 12.7. The number of methoxy groups -OCH3 is 1. The molecular formula is C31H29Br2N3O4. The molecule has 0 saturated heterocycles. The highest BCUT2D eigenvalue weighted by atomic mass is 79.9. The van der Waals surface area contributed by atoms with Gasteiger partial charge >= 0.3 is 0 Å². The van der Waals surface area contributed by atoms with Gasteiger partial charge in [0.15, 0.2) is 17.3 Å². The highest BCUT2D eigenvalue weighted by molar-refractivity contribution is 9.13. The molecule has 4 rings (SSSR count). The third kappa shape index (κ3) is 5.79. The second kappa shape index (κ2) is 12.7.